The van der Waals surface area contributed by atoms with Gasteiger partial charge in [0.15, 0.2) is 0 Å². The second-order valence-electron chi connectivity index (χ2n) is 4.70. The predicted molar refractivity (Wildman–Crippen MR) is 60.2 cm³/mol. The molecule has 6 heteroatoms. The molecule has 2 N–H and O–H groups in total. The summed E-state index contributed by atoms with van der Waals surface area (Å²) in [6, 6.07) is -0.695. The Labute approximate surface area is 97.3 Å². The Bertz CT molecular complexity index is 453. The highest BCUT2D eigenvalue weighted by atomic mass is 32.1. The molecule has 2 heterocycles. The zero-order valence-electron chi connectivity index (χ0n) is 9.19. The molecule has 0 aromatic carbocycles. The van der Waals surface area contributed by atoms with E-state index >= 15 is 0 Å². The number of hydrogen-bond acceptors (Lipinski definition) is 4. The lowest BCUT2D eigenvalue weighted by molar-refractivity contribution is 0.0774. The van der Waals surface area contributed by atoms with Crippen LogP contribution in [0.25, 0.3) is 0 Å². The van der Waals surface area contributed by atoms with E-state index in [-0.39, 0.29) is 11.3 Å². The van der Waals surface area contributed by atoms with Crippen LogP contribution in [-0.4, -0.2) is 28.4 Å². The van der Waals surface area contributed by atoms with Crippen LogP contribution >= 0.6 is 11.3 Å². The van der Waals surface area contributed by atoms with Gasteiger partial charge in [0.1, 0.15) is 4.88 Å². The highest BCUT2D eigenvalue weighted by Gasteiger charge is 2.36. The lowest BCUT2D eigenvalue weighted by atomic mass is 9.88. The van der Waals surface area contributed by atoms with Crippen molar-refractivity contribution in [3.8, 4) is 0 Å². The molecule has 2 rings (SSSR count). The predicted octanol–water partition coefficient (Wildman–Crippen LogP) is 1.25. The van der Waals surface area contributed by atoms with Crippen molar-refractivity contribution in [2.45, 2.75) is 20.3 Å². The molecule has 1 aromatic heterocycles. The van der Waals surface area contributed by atoms with Crippen molar-refractivity contribution in [2.24, 2.45) is 11.1 Å². The van der Waals surface area contributed by atoms with Gasteiger partial charge >= 0.3 is 6.03 Å². The lowest BCUT2D eigenvalue weighted by Gasteiger charge is -2.26. The van der Waals surface area contributed by atoms with E-state index in [1.54, 1.807) is 5.51 Å². The molecular weight excluding hydrogens is 226 g/mol. The summed E-state index contributed by atoms with van der Waals surface area (Å²) in [5.41, 5.74) is 7.43. The van der Waals surface area contributed by atoms with E-state index in [2.05, 4.69) is 4.98 Å². The van der Waals surface area contributed by atoms with E-state index in [0.717, 1.165) is 10.6 Å². The summed E-state index contributed by atoms with van der Waals surface area (Å²) in [7, 11) is 0. The van der Waals surface area contributed by atoms with Gasteiger partial charge in [0, 0.05) is 6.54 Å². The number of primary amides is 1. The minimum atomic E-state index is -0.695. The molecule has 0 unspecified atom stereocenters. The van der Waals surface area contributed by atoms with Gasteiger partial charge in [0.2, 0.25) is 0 Å². The Kier molecular flexibility index (Phi) is 2.46. The zero-order valence-corrected chi connectivity index (χ0v) is 10.0. The summed E-state index contributed by atoms with van der Waals surface area (Å²) in [6.45, 7) is 4.32. The van der Waals surface area contributed by atoms with Gasteiger partial charge in [-0.25, -0.2) is 9.78 Å². The second kappa shape index (κ2) is 3.55. The topological polar surface area (TPSA) is 76.3 Å². The van der Waals surface area contributed by atoms with Gasteiger partial charge in [-0.05, 0) is 11.8 Å². The molecule has 1 aliphatic rings. The van der Waals surface area contributed by atoms with E-state index in [1.165, 1.54) is 11.3 Å². The number of carbonyl (C=O) groups is 2. The molecule has 0 bridgehead atoms. The largest absolute Gasteiger partial charge is 0.351 e. The standard InChI is InChI=1S/C10H13N3O2S/c1-10(2)3-6-7(16-5-12-6)8(14)13(4-10)9(11)15/h5H,3-4H2,1-2H3,(H2,11,15). The quantitative estimate of drug-likeness (QED) is 0.740. The molecular formula is C10H13N3O2S. The Balaban J connectivity index is 2.48. The molecule has 0 radical (unpaired) electrons. The first-order chi connectivity index (χ1) is 7.41. The van der Waals surface area contributed by atoms with Crippen LogP contribution in [0.3, 0.4) is 0 Å². The number of nitrogens with two attached hydrogens (primary N) is 1. The number of fused-ring (bicyclic) bond motifs is 1. The van der Waals surface area contributed by atoms with Crippen molar-refractivity contribution in [3.05, 3.63) is 16.1 Å². The van der Waals surface area contributed by atoms with Crippen LogP contribution in [0.15, 0.2) is 5.51 Å². The van der Waals surface area contributed by atoms with Gasteiger partial charge < -0.3 is 5.73 Å². The smallest absolute Gasteiger partial charge is 0.321 e. The van der Waals surface area contributed by atoms with Crippen LogP contribution in [0.5, 0.6) is 0 Å². The third-order valence-corrected chi connectivity index (χ3v) is 3.44. The molecule has 0 fully saturated rings. The van der Waals surface area contributed by atoms with Crippen molar-refractivity contribution < 1.29 is 9.59 Å². The molecule has 0 spiro atoms. The number of amides is 3. The van der Waals surface area contributed by atoms with E-state index in [0.29, 0.717) is 17.8 Å². The molecule has 16 heavy (non-hydrogen) atoms. The summed E-state index contributed by atoms with van der Waals surface area (Å²) < 4.78 is 0. The third-order valence-electron chi connectivity index (χ3n) is 2.58. The number of nitrogens with zero attached hydrogens (tertiary/aromatic N) is 2. The zero-order chi connectivity index (χ0) is 11.9. The molecule has 86 valence electrons. The molecule has 0 atom stereocenters. The maximum atomic E-state index is 12.0. The SMILES string of the molecule is CC1(C)Cc2ncsc2C(=O)N(C(N)=O)C1. The van der Waals surface area contributed by atoms with Crippen molar-refractivity contribution in [1.29, 1.82) is 0 Å². The van der Waals surface area contributed by atoms with Gasteiger partial charge in [-0.1, -0.05) is 13.8 Å². The fourth-order valence-corrected chi connectivity index (χ4v) is 2.64. The molecule has 1 aliphatic heterocycles. The van der Waals surface area contributed by atoms with Crippen molar-refractivity contribution in [3.63, 3.8) is 0 Å². The summed E-state index contributed by atoms with van der Waals surface area (Å²) in [5.74, 6) is -0.324. The monoisotopic (exact) mass is 239 g/mol. The third kappa shape index (κ3) is 1.80. The van der Waals surface area contributed by atoms with Crippen LogP contribution in [0.4, 0.5) is 4.79 Å². The molecule has 0 saturated carbocycles. The number of thiazole rings is 1. The van der Waals surface area contributed by atoms with E-state index in [1.807, 2.05) is 13.8 Å². The fraction of sp³-hybridized carbons (Fsp3) is 0.500. The van der Waals surface area contributed by atoms with E-state index in [9.17, 15) is 9.59 Å². The first kappa shape index (κ1) is 11.1. The van der Waals surface area contributed by atoms with Crippen molar-refractivity contribution >= 4 is 23.3 Å². The first-order valence-electron chi connectivity index (χ1n) is 4.94. The van der Waals surface area contributed by atoms with Gasteiger partial charge in [-0.2, -0.15) is 0 Å². The number of aromatic nitrogens is 1. The average molecular weight is 239 g/mol. The maximum absolute atomic E-state index is 12.0. The van der Waals surface area contributed by atoms with E-state index < -0.39 is 6.03 Å². The van der Waals surface area contributed by atoms with Gasteiger partial charge in [-0.15, -0.1) is 11.3 Å². The van der Waals surface area contributed by atoms with Gasteiger partial charge in [-0.3, -0.25) is 9.69 Å². The minimum Gasteiger partial charge on any atom is -0.351 e. The highest BCUT2D eigenvalue weighted by Crippen LogP contribution is 2.30. The number of urea groups is 1. The lowest BCUT2D eigenvalue weighted by Crippen LogP contribution is -2.44. The fourth-order valence-electron chi connectivity index (χ4n) is 1.88. The molecule has 1 aromatic rings. The Morgan fingerprint density at radius 2 is 2.31 bits per heavy atom. The minimum absolute atomic E-state index is 0.190. The maximum Gasteiger partial charge on any atom is 0.321 e. The van der Waals surface area contributed by atoms with Crippen LogP contribution < -0.4 is 5.73 Å². The molecule has 3 amide bonds. The molecule has 5 nitrogen and oxygen atoms in total. The summed E-state index contributed by atoms with van der Waals surface area (Å²) in [5, 5.41) is 0. The van der Waals surface area contributed by atoms with Crippen LogP contribution in [0.1, 0.15) is 29.2 Å². The van der Waals surface area contributed by atoms with E-state index in [4.69, 9.17) is 5.73 Å². The van der Waals surface area contributed by atoms with Crippen molar-refractivity contribution in [2.75, 3.05) is 6.54 Å². The molecule has 0 saturated heterocycles. The van der Waals surface area contributed by atoms with Gasteiger partial charge in [0.25, 0.3) is 5.91 Å². The summed E-state index contributed by atoms with van der Waals surface area (Å²) >= 11 is 1.26. The van der Waals surface area contributed by atoms with Gasteiger partial charge in [0.05, 0.1) is 11.2 Å². The van der Waals surface area contributed by atoms with Crippen molar-refractivity contribution in [1.82, 2.24) is 9.88 Å². The number of rotatable bonds is 0. The first-order valence-corrected chi connectivity index (χ1v) is 5.82. The van der Waals surface area contributed by atoms with Crippen LogP contribution in [0, 0.1) is 5.41 Å². The summed E-state index contributed by atoms with van der Waals surface area (Å²) in [6.07, 6.45) is 0.682. The average Bonchev–Trinajstić information content (AvgIpc) is 2.56. The van der Waals surface area contributed by atoms with Crippen LogP contribution in [0.2, 0.25) is 0 Å². The Morgan fingerprint density at radius 1 is 1.62 bits per heavy atom. The highest BCUT2D eigenvalue weighted by molar-refractivity contribution is 7.11. The number of hydrogen-bond donors (Lipinski definition) is 1. The number of imide groups is 1. The Hall–Kier alpha value is -1.43. The Morgan fingerprint density at radius 3 is 2.94 bits per heavy atom. The van der Waals surface area contributed by atoms with Crippen LogP contribution in [-0.2, 0) is 6.42 Å². The number of carbonyl (C=O) groups excluding carboxylic acids is 2. The summed E-state index contributed by atoms with van der Waals surface area (Å²) in [4.78, 5) is 29.1. The molecule has 0 aliphatic carbocycles. The normalized spacial score (nSPS) is 19.1. The second-order valence-corrected chi connectivity index (χ2v) is 5.55.